The molecule has 0 aromatic heterocycles. The lowest BCUT2D eigenvalue weighted by Gasteiger charge is -2.27. The average molecular weight is 238 g/mol. The van der Waals surface area contributed by atoms with Crippen LogP contribution in [0.2, 0.25) is 0 Å². The molecule has 4 nitrogen and oxygen atoms in total. The van der Waals surface area contributed by atoms with Gasteiger partial charge in [0.2, 0.25) is 0 Å². The zero-order chi connectivity index (χ0) is 12.3. The Bertz CT molecular complexity index is 416. The maximum atomic E-state index is 13.7. The summed E-state index contributed by atoms with van der Waals surface area (Å²) in [5.74, 6) is -0.693. The summed E-state index contributed by atoms with van der Waals surface area (Å²) < 4.78 is 23.7. The molecule has 1 amide bonds. The van der Waals surface area contributed by atoms with Crippen molar-refractivity contribution in [1.82, 2.24) is 4.90 Å². The van der Waals surface area contributed by atoms with Gasteiger partial charge in [-0.15, -0.1) is 0 Å². The van der Waals surface area contributed by atoms with Gasteiger partial charge in [0.05, 0.1) is 13.7 Å². The van der Waals surface area contributed by atoms with Crippen molar-refractivity contribution in [1.29, 1.82) is 0 Å². The Labute approximate surface area is 98.9 Å². The molecule has 2 rings (SSSR count). The number of morpholine rings is 1. The number of amides is 1. The van der Waals surface area contributed by atoms with E-state index in [1.54, 1.807) is 6.07 Å². The highest BCUT2D eigenvalue weighted by molar-refractivity contribution is 5.97. The third-order valence-electron chi connectivity index (χ3n) is 2.59. The van der Waals surface area contributed by atoms with Crippen LogP contribution in [-0.4, -0.2) is 37.6 Å². The predicted molar refractivity (Wildman–Crippen MR) is 59.1 cm³/mol. The molecule has 1 aliphatic heterocycles. The molecule has 5 heteroatoms. The van der Waals surface area contributed by atoms with Crippen LogP contribution in [0.15, 0.2) is 18.2 Å². The second-order valence-corrected chi connectivity index (χ2v) is 3.61. The normalized spacial score (nSPS) is 15.8. The van der Waals surface area contributed by atoms with Crippen molar-refractivity contribution in [3.8, 4) is 5.75 Å². The third-order valence-corrected chi connectivity index (χ3v) is 2.59. The fraction of sp³-hybridized carbons (Fsp3) is 0.333. The van der Waals surface area contributed by atoms with E-state index in [2.05, 4.69) is 0 Å². The van der Waals surface area contributed by atoms with E-state index in [1.165, 1.54) is 30.7 Å². The second-order valence-electron chi connectivity index (χ2n) is 3.61. The quantitative estimate of drug-likeness (QED) is 0.783. The van der Waals surface area contributed by atoms with Crippen molar-refractivity contribution in [2.45, 2.75) is 0 Å². The van der Waals surface area contributed by atoms with Gasteiger partial charge in [-0.2, -0.15) is 0 Å². The van der Waals surface area contributed by atoms with Crippen molar-refractivity contribution in [3.05, 3.63) is 36.2 Å². The maximum Gasteiger partial charge on any atom is 0.260 e. The number of benzene rings is 1. The first kappa shape index (κ1) is 11.9. The van der Waals surface area contributed by atoms with Crippen molar-refractivity contribution >= 4 is 5.91 Å². The fourth-order valence-electron chi connectivity index (χ4n) is 1.70. The number of carbonyl (C=O) groups is 1. The van der Waals surface area contributed by atoms with Crippen molar-refractivity contribution < 1.29 is 18.7 Å². The minimum Gasteiger partial charge on any atom is -0.496 e. The summed E-state index contributed by atoms with van der Waals surface area (Å²) >= 11 is 0. The summed E-state index contributed by atoms with van der Waals surface area (Å²) in [5.41, 5.74) is -0.0229. The summed E-state index contributed by atoms with van der Waals surface area (Å²) in [4.78, 5) is 13.6. The van der Waals surface area contributed by atoms with Gasteiger partial charge in [-0.05, 0) is 12.1 Å². The summed E-state index contributed by atoms with van der Waals surface area (Å²) in [5, 5.41) is 0. The van der Waals surface area contributed by atoms with Gasteiger partial charge in [-0.3, -0.25) is 4.79 Å². The van der Waals surface area contributed by atoms with Gasteiger partial charge in [-0.25, -0.2) is 4.39 Å². The molecule has 1 aliphatic rings. The SMILES string of the molecule is COc1cccc(F)c1C(=O)N1C[CH]OCC1. The lowest BCUT2D eigenvalue weighted by Crippen LogP contribution is -2.39. The number of methoxy groups -OCH3 is 1. The van der Waals surface area contributed by atoms with Crippen LogP contribution in [-0.2, 0) is 4.74 Å². The summed E-state index contributed by atoms with van der Waals surface area (Å²) in [6.45, 7) is 2.78. The number of hydrogen-bond acceptors (Lipinski definition) is 3. The van der Waals surface area contributed by atoms with E-state index < -0.39 is 5.82 Å². The maximum absolute atomic E-state index is 13.7. The van der Waals surface area contributed by atoms with E-state index in [0.717, 1.165) is 0 Å². The predicted octanol–water partition coefficient (Wildman–Crippen LogP) is 1.47. The number of rotatable bonds is 2. The van der Waals surface area contributed by atoms with Gasteiger partial charge in [0, 0.05) is 13.1 Å². The van der Waals surface area contributed by atoms with E-state index in [1.807, 2.05) is 0 Å². The van der Waals surface area contributed by atoms with Gasteiger partial charge in [-0.1, -0.05) is 6.07 Å². The fourth-order valence-corrected chi connectivity index (χ4v) is 1.70. The third kappa shape index (κ3) is 2.39. The first-order chi connectivity index (χ1) is 8.24. The molecule has 1 fully saturated rings. The van der Waals surface area contributed by atoms with Crippen LogP contribution in [0.5, 0.6) is 5.75 Å². The molecule has 0 aliphatic carbocycles. The standard InChI is InChI=1S/C12H13FNO3/c1-16-10-4-2-3-9(13)11(10)12(15)14-5-7-17-8-6-14/h2-4,7H,5-6,8H2,1H3. The van der Waals surface area contributed by atoms with Crippen LogP contribution >= 0.6 is 0 Å². The molecule has 0 saturated carbocycles. The molecule has 17 heavy (non-hydrogen) atoms. The largest absolute Gasteiger partial charge is 0.496 e. The molecule has 0 bridgehead atoms. The molecular weight excluding hydrogens is 225 g/mol. The van der Waals surface area contributed by atoms with Crippen LogP contribution in [0.3, 0.4) is 0 Å². The highest BCUT2D eigenvalue weighted by atomic mass is 19.1. The molecule has 1 radical (unpaired) electrons. The minimum absolute atomic E-state index is 0.0229. The topological polar surface area (TPSA) is 38.8 Å². The summed E-state index contributed by atoms with van der Waals surface area (Å²) in [6.07, 6.45) is 0. The lowest BCUT2D eigenvalue weighted by atomic mass is 10.1. The monoisotopic (exact) mass is 238 g/mol. The van der Waals surface area contributed by atoms with E-state index >= 15 is 0 Å². The molecule has 1 aromatic carbocycles. The van der Waals surface area contributed by atoms with E-state index in [9.17, 15) is 9.18 Å². The van der Waals surface area contributed by atoms with E-state index in [4.69, 9.17) is 9.47 Å². The molecule has 0 atom stereocenters. The molecule has 0 spiro atoms. The zero-order valence-corrected chi connectivity index (χ0v) is 9.48. The number of nitrogens with zero attached hydrogens (tertiary/aromatic N) is 1. The number of ether oxygens (including phenoxy) is 2. The van der Waals surface area contributed by atoms with Crippen molar-refractivity contribution in [2.24, 2.45) is 0 Å². The van der Waals surface area contributed by atoms with Gasteiger partial charge in [0.15, 0.2) is 0 Å². The van der Waals surface area contributed by atoms with Crippen LogP contribution in [0.1, 0.15) is 10.4 Å². The molecule has 0 N–H and O–H groups in total. The Morgan fingerprint density at radius 3 is 3.00 bits per heavy atom. The van der Waals surface area contributed by atoms with Crippen LogP contribution in [0.4, 0.5) is 4.39 Å². The average Bonchev–Trinajstić information content (AvgIpc) is 2.38. The van der Waals surface area contributed by atoms with Gasteiger partial charge in [0.1, 0.15) is 23.7 Å². The Hall–Kier alpha value is -1.62. The minimum atomic E-state index is -0.569. The van der Waals surface area contributed by atoms with Crippen molar-refractivity contribution in [2.75, 3.05) is 26.8 Å². The van der Waals surface area contributed by atoms with Gasteiger partial charge < -0.3 is 14.4 Å². The highest BCUT2D eigenvalue weighted by Crippen LogP contribution is 2.23. The Morgan fingerprint density at radius 1 is 1.53 bits per heavy atom. The number of carbonyl (C=O) groups excluding carboxylic acids is 1. The molecule has 1 heterocycles. The molecule has 1 aromatic rings. The lowest BCUT2D eigenvalue weighted by molar-refractivity contribution is 0.0521. The first-order valence-corrected chi connectivity index (χ1v) is 5.29. The molecule has 1 saturated heterocycles. The van der Waals surface area contributed by atoms with Gasteiger partial charge in [0.25, 0.3) is 5.91 Å². The molecule has 0 unspecified atom stereocenters. The molecule has 91 valence electrons. The summed E-state index contributed by atoms with van der Waals surface area (Å²) in [6, 6.07) is 4.33. The Kier molecular flexibility index (Phi) is 3.58. The highest BCUT2D eigenvalue weighted by Gasteiger charge is 2.24. The zero-order valence-electron chi connectivity index (χ0n) is 9.48. The van der Waals surface area contributed by atoms with Crippen molar-refractivity contribution in [3.63, 3.8) is 0 Å². The van der Waals surface area contributed by atoms with E-state index in [0.29, 0.717) is 19.7 Å². The summed E-state index contributed by atoms with van der Waals surface area (Å²) in [7, 11) is 1.41. The first-order valence-electron chi connectivity index (χ1n) is 5.29. The Balaban J connectivity index is 2.29. The second kappa shape index (κ2) is 5.14. The van der Waals surface area contributed by atoms with Crippen LogP contribution < -0.4 is 4.74 Å². The van der Waals surface area contributed by atoms with Crippen LogP contribution in [0.25, 0.3) is 0 Å². The Morgan fingerprint density at radius 2 is 2.35 bits per heavy atom. The number of halogens is 1. The smallest absolute Gasteiger partial charge is 0.260 e. The molecular formula is C12H13FNO3. The van der Waals surface area contributed by atoms with E-state index in [-0.39, 0.29) is 17.2 Å². The van der Waals surface area contributed by atoms with Crippen LogP contribution in [0, 0.1) is 12.4 Å². The van der Waals surface area contributed by atoms with Gasteiger partial charge >= 0.3 is 0 Å². The number of hydrogen-bond donors (Lipinski definition) is 0.